The highest BCUT2D eigenvalue weighted by molar-refractivity contribution is 6.36. The number of fused-ring (bicyclic) bond motifs is 1. The van der Waals surface area contributed by atoms with Crippen molar-refractivity contribution in [3.8, 4) is 0 Å². The summed E-state index contributed by atoms with van der Waals surface area (Å²) in [4.78, 5) is 17.3. The molecular weight excluding hydrogens is 381 g/mol. The first-order valence-corrected chi connectivity index (χ1v) is 9.78. The molecule has 0 atom stereocenters. The molecule has 6 heteroatoms. The first-order chi connectivity index (χ1) is 13.1. The van der Waals surface area contributed by atoms with Crippen molar-refractivity contribution >= 4 is 57.2 Å². The van der Waals surface area contributed by atoms with Crippen LogP contribution in [0, 0.1) is 5.92 Å². The molecule has 1 amide bonds. The molecule has 1 aliphatic rings. The van der Waals surface area contributed by atoms with Crippen molar-refractivity contribution in [2.24, 2.45) is 5.92 Å². The zero-order chi connectivity index (χ0) is 18.8. The molecule has 4 rings (SSSR count). The van der Waals surface area contributed by atoms with Gasteiger partial charge in [-0.15, -0.1) is 0 Å². The van der Waals surface area contributed by atoms with Gasteiger partial charge < -0.3 is 10.6 Å². The van der Waals surface area contributed by atoms with Crippen LogP contribution in [0.4, 0.5) is 17.2 Å². The zero-order valence-corrected chi connectivity index (χ0v) is 16.1. The summed E-state index contributed by atoms with van der Waals surface area (Å²) in [5.74, 6) is 0.790. The van der Waals surface area contributed by atoms with E-state index >= 15 is 0 Å². The van der Waals surface area contributed by atoms with Gasteiger partial charge in [-0.3, -0.25) is 4.79 Å². The molecule has 2 aromatic carbocycles. The van der Waals surface area contributed by atoms with Gasteiger partial charge >= 0.3 is 0 Å². The van der Waals surface area contributed by atoms with Gasteiger partial charge in [0.2, 0.25) is 5.91 Å². The number of pyridine rings is 1. The first kappa shape index (κ1) is 18.1. The number of anilines is 3. The number of amides is 1. The summed E-state index contributed by atoms with van der Waals surface area (Å²) in [6.07, 6.45) is 4.16. The number of hydrogen-bond acceptors (Lipinski definition) is 3. The third kappa shape index (κ3) is 4.02. The summed E-state index contributed by atoms with van der Waals surface area (Å²) in [7, 11) is 0. The zero-order valence-electron chi connectivity index (χ0n) is 14.6. The molecule has 0 radical (unpaired) electrons. The molecule has 0 unspecified atom stereocenters. The smallest absolute Gasteiger partial charge is 0.227 e. The van der Waals surface area contributed by atoms with Gasteiger partial charge in [0, 0.05) is 22.4 Å². The number of nitrogens with one attached hydrogen (secondary N) is 2. The van der Waals surface area contributed by atoms with Gasteiger partial charge in [0.25, 0.3) is 0 Å². The minimum Gasteiger partial charge on any atom is -0.339 e. The molecule has 1 aliphatic carbocycles. The van der Waals surface area contributed by atoms with Crippen molar-refractivity contribution in [3.63, 3.8) is 0 Å². The maximum Gasteiger partial charge on any atom is 0.227 e. The van der Waals surface area contributed by atoms with E-state index in [4.69, 9.17) is 23.2 Å². The minimum atomic E-state index is 0.0827. The molecule has 0 bridgehead atoms. The van der Waals surface area contributed by atoms with Crippen LogP contribution in [0.3, 0.4) is 0 Å². The highest BCUT2D eigenvalue weighted by Crippen LogP contribution is 2.32. The number of aromatic nitrogens is 1. The van der Waals surface area contributed by atoms with Crippen LogP contribution in [-0.4, -0.2) is 10.9 Å². The molecule has 1 saturated carbocycles. The maximum absolute atomic E-state index is 12.6. The monoisotopic (exact) mass is 399 g/mol. The fourth-order valence-corrected chi connectivity index (χ4v) is 3.95. The summed E-state index contributed by atoms with van der Waals surface area (Å²) in [5, 5.41) is 8.32. The van der Waals surface area contributed by atoms with E-state index in [1.165, 1.54) is 0 Å². The Morgan fingerprint density at radius 3 is 2.56 bits per heavy atom. The average Bonchev–Trinajstić information content (AvgIpc) is 3.19. The Kier molecular flexibility index (Phi) is 5.19. The van der Waals surface area contributed by atoms with Crippen molar-refractivity contribution in [3.05, 3.63) is 58.6 Å². The Morgan fingerprint density at radius 2 is 1.78 bits per heavy atom. The van der Waals surface area contributed by atoms with Gasteiger partial charge in [0.15, 0.2) is 0 Å². The van der Waals surface area contributed by atoms with Crippen LogP contribution in [0.5, 0.6) is 0 Å². The van der Waals surface area contributed by atoms with Gasteiger partial charge in [0.1, 0.15) is 5.82 Å². The SMILES string of the molecule is O=C(Nc1cc(Nc2ccc(Cl)cc2Cl)nc2ccccc12)C1CCCC1. The summed E-state index contributed by atoms with van der Waals surface area (Å²) in [6.45, 7) is 0. The van der Waals surface area contributed by atoms with E-state index in [0.717, 1.165) is 42.3 Å². The van der Waals surface area contributed by atoms with E-state index in [2.05, 4.69) is 15.6 Å². The summed E-state index contributed by atoms with van der Waals surface area (Å²) < 4.78 is 0. The van der Waals surface area contributed by atoms with Crippen LogP contribution in [0.2, 0.25) is 10.0 Å². The molecule has 0 spiro atoms. The number of carbonyl (C=O) groups is 1. The largest absolute Gasteiger partial charge is 0.339 e. The van der Waals surface area contributed by atoms with E-state index in [1.807, 2.05) is 30.3 Å². The Hall–Kier alpha value is -2.30. The number of rotatable bonds is 4. The number of halogens is 2. The summed E-state index contributed by atoms with van der Waals surface area (Å²) in [6, 6.07) is 14.9. The van der Waals surface area contributed by atoms with Crippen LogP contribution >= 0.6 is 23.2 Å². The molecule has 0 aliphatic heterocycles. The normalized spacial score (nSPS) is 14.4. The van der Waals surface area contributed by atoms with Crippen molar-refractivity contribution in [2.75, 3.05) is 10.6 Å². The second kappa shape index (κ2) is 7.75. The fourth-order valence-electron chi connectivity index (χ4n) is 3.49. The Labute approximate surface area is 167 Å². The third-order valence-electron chi connectivity index (χ3n) is 4.89. The average molecular weight is 400 g/mol. The van der Waals surface area contributed by atoms with Crippen LogP contribution in [-0.2, 0) is 4.79 Å². The lowest BCUT2D eigenvalue weighted by molar-refractivity contribution is -0.119. The van der Waals surface area contributed by atoms with Crippen LogP contribution in [0.1, 0.15) is 25.7 Å². The predicted molar refractivity (Wildman–Crippen MR) is 112 cm³/mol. The molecule has 1 heterocycles. The van der Waals surface area contributed by atoms with E-state index in [-0.39, 0.29) is 11.8 Å². The molecular formula is C21H19Cl2N3O. The van der Waals surface area contributed by atoms with Gasteiger partial charge in [-0.25, -0.2) is 4.98 Å². The Balaban J connectivity index is 1.68. The predicted octanol–water partition coefficient (Wildman–Crippen LogP) is 6.41. The lowest BCUT2D eigenvalue weighted by Gasteiger charge is -2.15. The summed E-state index contributed by atoms with van der Waals surface area (Å²) in [5.41, 5.74) is 2.26. The second-order valence-electron chi connectivity index (χ2n) is 6.79. The van der Waals surface area contributed by atoms with Gasteiger partial charge in [-0.05, 0) is 37.1 Å². The van der Waals surface area contributed by atoms with E-state index in [1.54, 1.807) is 18.2 Å². The van der Waals surface area contributed by atoms with Crippen molar-refractivity contribution in [1.29, 1.82) is 0 Å². The van der Waals surface area contributed by atoms with E-state index in [0.29, 0.717) is 21.6 Å². The molecule has 0 saturated heterocycles. The highest BCUT2D eigenvalue weighted by Gasteiger charge is 2.23. The van der Waals surface area contributed by atoms with Crippen molar-refractivity contribution < 1.29 is 4.79 Å². The molecule has 2 N–H and O–H groups in total. The molecule has 4 nitrogen and oxygen atoms in total. The number of nitrogens with zero attached hydrogens (tertiary/aromatic N) is 1. The number of para-hydroxylation sites is 1. The van der Waals surface area contributed by atoms with E-state index in [9.17, 15) is 4.79 Å². The van der Waals surface area contributed by atoms with Crippen LogP contribution in [0.25, 0.3) is 10.9 Å². The van der Waals surface area contributed by atoms with Gasteiger partial charge in [0.05, 0.1) is 21.9 Å². The Bertz CT molecular complexity index is 1000. The summed E-state index contributed by atoms with van der Waals surface area (Å²) >= 11 is 12.2. The first-order valence-electron chi connectivity index (χ1n) is 9.03. The maximum atomic E-state index is 12.6. The van der Waals surface area contributed by atoms with Crippen molar-refractivity contribution in [1.82, 2.24) is 4.98 Å². The lowest BCUT2D eigenvalue weighted by Crippen LogP contribution is -2.20. The topological polar surface area (TPSA) is 54.0 Å². The molecule has 27 heavy (non-hydrogen) atoms. The quantitative estimate of drug-likeness (QED) is 0.532. The molecule has 3 aromatic rings. The Morgan fingerprint density at radius 1 is 1.00 bits per heavy atom. The van der Waals surface area contributed by atoms with Gasteiger partial charge in [-0.2, -0.15) is 0 Å². The fraction of sp³-hybridized carbons (Fsp3) is 0.238. The number of carbonyl (C=O) groups excluding carboxylic acids is 1. The second-order valence-corrected chi connectivity index (χ2v) is 7.64. The highest BCUT2D eigenvalue weighted by atomic mass is 35.5. The minimum absolute atomic E-state index is 0.0827. The molecule has 1 aromatic heterocycles. The number of benzene rings is 2. The van der Waals surface area contributed by atoms with Crippen molar-refractivity contribution in [2.45, 2.75) is 25.7 Å². The molecule has 138 valence electrons. The molecule has 1 fully saturated rings. The van der Waals surface area contributed by atoms with Crippen LogP contribution < -0.4 is 10.6 Å². The third-order valence-corrected chi connectivity index (χ3v) is 5.44. The lowest BCUT2D eigenvalue weighted by atomic mass is 10.1. The van der Waals surface area contributed by atoms with Crippen LogP contribution in [0.15, 0.2) is 48.5 Å². The number of hydrogen-bond donors (Lipinski definition) is 2. The van der Waals surface area contributed by atoms with E-state index < -0.39 is 0 Å². The standard InChI is InChI=1S/C21H19Cl2N3O/c22-14-9-10-18(16(23)11-14)25-20-12-19(15-7-3-4-8-17(15)24-20)26-21(27)13-5-1-2-6-13/h3-4,7-13H,1-2,5-6H2,(H2,24,25,26,27). The van der Waals surface area contributed by atoms with Gasteiger partial charge in [-0.1, -0.05) is 54.2 Å².